The van der Waals surface area contributed by atoms with Gasteiger partial charge in [-0.15, -0.1) is 0 Å². The van der Waals surface area contributed by atoms with Crippen LogP contribution in [-0.2, 0) is 11.3 Å². The molecule has 114 valence electrons. The molecule has 0 amide bonds. The van der Waals surface area contributed by atoms with Crippen LogP contribution in [0.2, 0.25) is 0 Å². The van der Waals surface area contributed by atoms with Crippen LogP contribution in [-0.4, -0.2) is 37.6 Å². The third-order valence-corrected chi connectivity index (χ3v) is 3.05. The molecular weight excluding hydrogens is 254 g/mol. The van der Waals surface area contributed by atoms with Gasteiger partial charge in [0.1, 0.15) is 5.75 Å². The Balaban J connectivity index is 2.58. The zero-order chi connectivity index (χ0) is 15.0. The van der Waals surface area contributed by atoms with E-state index in [2.05, 4.69) is 11.4 Å². The maximum absolute atomic E-state index is 9.73. The van der Waals surface area contributed by atoms with E-state index in [-0.39, 0.29) is 0 Å². The minimum atomic E-state index is -0.695. The van der Waals surface area contributed by atoms with Crippen LogP contribution in [0.1, 0.15) is 31.4 Å². The fourth-order valence-electron chi connectivity index (χ4n) is 1.86. The van der Waals surface area contributed by atoms with E-state index < -0.39 is 5.60 Å². The van der Waals surface area contributed by atoms with E-state index in [4.69, 9.17) is 9.47 Å². The van der Waals surface area contributed by atoms with Gasteiger partial charge in [-0.25, -0.2) is 0 Å². The Hall–Kier alpha value is -1.10. The highest BCUT2D eigenvalue weighted by molar-refractivity contribution is 5.40. The first-order valence-corrected chi connectivity index (χ1v) is 7.07. The van der Waals surface area contributed by atoms with E-state index in [9.17, 15) is 5.11 Å². The monoisotopic (exact) mass is 281 g/mol. The lowest BCUT2D eigenvalue weighted by Crippen LogP contribution is -2.23. The predicted octanol–water partition coefficient (Wildman–Crippen LogP) is 2.27. The third-order valence-electron chi connectivity index (χ3n) is 3.05. The lowest BCUT2D eigenvalue weighted by molar-refractivity contribution is 0.0550. The molecule has 0 unspecified atom stereocenters. The molecule has 2 N–H and O–H groups in total. The topological polar surface area (TPSA) is 50.7 Å². The van der Waals surface area contributed by atoms with Crippen LogP contribution in [0.25, 0.3) is 0 Å². The van der Waals surface area contributed by atoms with Crippen LogP contribution < -0.4 is 10.1 Å². The Morgan fingerprint density at radius 2 is 2.00 bits per heavy atom. The molecule has 0 bridgehead atoms. The van der Waals surface area contributed by atoms with Gasteiger partial charge >= 0.3 is 0 Å². The number of benzene rings is 1. The molecule has 0 fully saturated rings. The van der Waals surface area contributed by atoms with Gasteiger partial charge in [0.2, 0.25) is 0 Å². The van der Waals surface area contributed by atoms with E-state index in [0.717, 1.165) is 30.0 Å². The Morgan fingerprint density at radius 1 is 1.25 bits per heavy atom. The Kier molecular flexibility index (Phi) is 6.99. The smallest absolute Gasteiger partial charge is 0.126 e. The average molecular weight is 281 g/mol. The second kappa shape index (κ2) is 8.25. The summed E-state index contributed by atoms with van der Waals surface area (Å²) in [6, 6.07) is 6.13. The standard InChI is InChI=1S/C16H27NO3/c1-13-6-5-7-14(12-17-9-11-19-4)15(13)20-10-8-16(2,3)18/h5-7,17-18H,8-12H2,1-4H3. The normalized spacial score (nSPS) is 11.7. The highest BCUT2D eigenvalue weighted by atomic mass is 16.5. The molecule has 0 aromatic heterocycles. The minimum Gasteiger partial charge on any atom is -0.493 e. The summed E-state index contributed by atoms with van der Waals surface area (Å²) in [5, 5.41) is 13.1. The summed E-state index contributed by atoms with van der Waals surface area (Å²) in [6.45, 7) is 8.40. The number of nitrogens with one attached hydrogen (secondary N) is 1. The van der Waals surface area contributed by atoms with Crippen molar-refractivity contribution in [3.8, 4) is 5.75 Å². The number of methoxy groups -OCH3 is 1. The van der Waals surface area contributed by atoms with E-state index in [1.807, 2.05) is 19.1 Å². The zero-order valence-electron chi connectivity index (χ0n) is 13.0. The molecule has 1 rings (SSSR count). The number of hydrogen-bond donors (Lipinski definition) is 2. The van der Waals surface area contributed by atoms with E-state index in [1.54, 1.807) is 21.0 Å². The molecule has 0 aliphatic carbocycles. The summed E-state index contributed by atoms with van der Waals surface area (Å²) in [5.41, 5.74) is 1.56. The summed E-state index contributed by atoms with van der Waals surface area (Å²) in [7, 11) is 1.69. The van der Waals surface area contributed by atoms with Crippen molar-refractivity contribution in [1.82, 2.24) is 5.32 Å². The fourth-order valence-corrected chi connectivity index (χ4v) is 1.86. The van der Waals surface area contributed by atoms with Crippen molar-refractivity contribution < 1.29 is 14.6 Å². The summed E-state index contributed by atoms with van der Waals surface area (Å²) in [5.74, 6) is 0.918. The van der Waals surface area contributed by atoms with Gasteiger partial charge in [-0.2, -0.15) is 0 Å². The molecule has 20 heavy (non-hydrogen) atoms. The fraction of sp³-hybridized carbons (Fsp3) is 0.625. The molecule has 1 aromatic rings. The predicted molar refractivity (Wildman–Crippen MR) is 81.2 cm³/mol. The van der Waals surface area contributed by atoms with Crippen molar-refractivity contribution in [2.24, 2.45) is 0 Å². The van der Waals surface area contributed by atoms with Gasteiger partial charge in [0.25, 0.3) is 0 Å². The highest BCUT2D eigenvalue weighted by Crippen LogP contribution is 2.24. The van der Waals surface area contributed by atoms with Gasteiger partial charge < -0.3 is 19.9 Å². The zero-order valence-corrected chi connectivity index (χ0v) is 13.0. The van der Waals surface area contributed by atoms with E-state index >= 15 is 0 Å². The molecule has 0 saturated heterocycles. The molecule has 0 aliphatic rings. The SMILES string of the molecule is COCCNCc1cccc(C)c1OCCC(C)(C)O. The van der Waals surface area contributed by atoms with Gasteiger partial charge in [-0.1, -0.05) is 18.2 Å². The molecular formula is C16H27NO3. The highest BCUT2D eigenvalue weighted by Gasteiger charge is 2.13. The number of hydrogen-bond acceptors (Lipinski definition) is 4. The van der Waals surface area contributed by atoms with Gasteiger partial charge in [0.15, 0.2) is 0 Å². The number of ether oxygens (including phenoxy) is 2. The molecule has 0 spiro atoms. The van der Waals surface area contributed by atoms with Crippen molar-refractivity contribution in [3.05, 3.63) is 29.3 Å². The van der Waals surface area contributed by atoms with E-state index in [0.29, 0.717) is 19.6 Å². The molecule has 4 heteroatoms. The maximum atomic E-state index is 9.73. The van der Waals surface area contributed by atoms with Crippen LogP contribution >= 0.6 is 0 Å². The van der Waals surface area contributed by atoms with Crippen LogP contribution in [0.3, 0.4) is 0 Å². The van der Waals surface area contributed by atoms with Crippen LogP contribution in [0.5, 0.6) is 5.75 Å². The number of aliphatic hydroxyl groups is 1. The minimum absolute atomic E-state index is 0.513. The first kappa shape index (κ1) is 17.0. The van der Waals surface area contributed by atoms with Crippen LogP contribution in [0.4, 0.5) is 0 Å². The number of rotatable bonds is 9. The molecule has 4 nitrogen and oxygen atoms in total. The molecule has 0 saturated carbocycles. The van der Waals surface area contributed by atoms with Gasteiger partial charge in [-0.05, 0) is 26.3 Å². The maximum Gasteiger partial charge on any atom is 0.126 e. The first-order valence-electron chi connectivity index (χ1n) is 7.07. The molecule has 0 aliphatic heterocycles. The van der Waals surface area contributed by atoms with Crippen molar-refractivity contribution >= 4 is 0 Å². The lowest BCUT2D eigenvalue weighted by Gasteiger charge is -2.19. The average Bonchev–Trinajstić information content (AvgIpc) is 2.36. The molecule has 1 aromatic carbocycles. The Morgan fingerprint density at radius 3 is 2.65 bits per heavy atom. The second-order valence-electron chi connectivity index (χ2n) is 5.64. The van der Waals surface area contributed by atoms with Crippen LogP contribution in [0.15, 0.2) is 18.2 Å². The largest absolute Gasteiger partial charge is 0.493 e. The third kappa shape index (κ3) is 6.37. The van der Waals surface area contributed by atoms with E-state index in [1.165, 1.54) is 0 Å². The quantitative estimate of drug-likeness (QED) is 0.682. The summed E-state index contributed by atoms with van der Waals surface area (Å²) < 4.78 is 10.9. The molecule has 0 atom stereocenters. The Bertz CT molecular complexity index is 399. The van der Waals surface area contributed by atoms with Gasteiger partial charge in [0, 0.05) is 32.2 Å². The van der Waals surface area contributed by atoms with Crippen molar-refractivity contribution in [3.63, 3.8) is 0 Å². The van der Waals surface area contributed by atoms with Crippen molar-refractivity contribution in [2.75, 3.05) is 26.9 Å². The lowest BCUT2D eigenvalue weighted by atomic mass is 10.1. The number of para-hydroxylation sites is 1. The van der Waals surface area contributed by atoms with Crippen molar-refractivity contribution in [1.29, 1.82) is 0 Å². The first-order chi connectivity index (χ1) is 9.44. The summed E-state index contributed by atoms with van der Waals surface area (Å²) >= 11 is 0. The van der Waals surface area contributed by atoms with Crippen LogP contribution in [0, 0.1) is 6.92 Å². The molecule has 0 heterocycles. The number of aryl methyl sites for hydroxylation is 1. The summed E-state index contributed by atoms with van der Waals surface area (Å²) in [4.78, 5) is 0. The molecule has 0 radical (unpaired) electrons. The Labute approximate surface area is 122 Å². The summed E-state index contributed by atoms with van der Waals surface area (Å²) in [6.07, 6.45) is 0.609. The van der Waals surface area contributed by atoms with Gasteiger partial charge in [0.05, 0.1) is 18.8 Å². The van der Waals surface area contributed by atoms with Crippen molar-refractivity contribution in [2.45, 2.75) is 39.3 Å². The second-order valence-corrected chi connectivity index (χ2v) is 5.64. The van der Waals surface area contributed by atoms with Gasteiger partial charge in [-0.3, -0.25) is 0 Å².